The molecule has 5 nitrogen and oxygen atoms in total. The summed E-state index contributed by atoms with van der Waals surface area (Å²) in [6.07, 6.45) is -4.55. The molecule has 1 aromatic carbocycles. The minimum absolute atomic E-state index is 0.0133. The highest BCUT2D eigenvalue weighted by Crippen LogP contribution is 2.17. The molecule has 8 heteroatoms. The first kappa shape index (κ1) is 16.8. The van der Waals surface area contributed by atoms with E-state index in [1.54, 1.807) is 12.1 Å². The smallest absolute Gasteiger partial charge is 0.406 e. The van der Waals surface area contributed by atoms with Gasteiger partial charge >= 0.3 is 6.18 Å². The van der Waals surface area contributed by atoms with Gasteiger partial charge in [-0.2, -0.15) is 13.2 Å². The van der Waals surface area contributed by atoms with Gasteiger partial charge in [0.15, 0.2) is 5.84 Å². The third kappa shape index (κ3) is 5.33. The Bertz CT molecular complexity index is 512. The molecule has 21 heavy (non-hydrogen) atoms. The van der Waals surface area contributed by atoms with Gasteiger partial charge in [-0.15, -0.1) is 0 Å². The quantitative estimate of drug-likeness (QED) is 0.376. The lowest BCUT2D eigenvalue weighted by Gasteiger charge is -2.22. The van der Waals surface area contributed by atoms with Crippen LogP contribution in [0.4, 0.5) is 13.2 Å². The van der Waals surface area contributed by atoms with Gasteiger partial charge in [0.05, 0.1) is 6.42 Å². The Morgan fingerprint density at radius 3 is 2.33 bits per heavy atom. The van der Waals surface area contributed by atoms with Gasteiger partial charge in [0.1, 0.15) is 6.54 Å². The van der Waals surface area contributed by atoms with Crippen molar-refractivity contribution in [2.75, 3.05) is 13.1 Å². The molecule has 0 radical (unpaired) electrons. The fraction of sp³-hybridized carbons (Fsp3) is 0.385. The van der Waals surface area contributed by atoms with Gasteiger partial charge in [0.2, 0.25) is 5.91 Å². The number of nitrogens with two attached hydrogens (primary N) is 1. The molecule has 0 unspecified atom stereocenters. The van der Waals surface area contributed by atoms with Gasteiger partial charge in [0.25, 0.3) is 0 Å². The van der Waals surface area contributed by atoms with Crippen molar-refractivity contribution in [1.29, 1.82) is 0 Å². The minimum Gasteiger partial charge on any atom is -0.409 e. The Morgan fingerprint density at radius 1 is 1.33 bits per heavy atom. The minimum atomic E-state index is -4.42. The Morgan fingerprint density at radius 2 is 1.90 bits per heavy atom. The van der Waals surface area contributed by atoms with Crippen LogP contribution in [0.1, 0.15) is 18.1 Å². The fourth-order valence-corrected chi connectivity index (χ4v) is 1.73. The molecule has 1 aromatic rings. The summed E-state index contributed by atoms with van der Waals surface area (Å²) in [6, 6.07) is 6.15. The number of carbonyl (C=O) groups is 1. The maximum absolute atomic E-state index is 12.3. The number of amides is 1. The number of hydrogen-bond donors (Lipinski definition) is 2. The molecule has 1 rings (SSSR count). The van der Waals surface area contributed by atoms with E-state index in [2.05, 4.69) is 5.16 Å². The van der Waals surface area contributed by atoms with Crippen LogP contribution in [0.25, 0.3) is 0 Å². The maximum atomic E-state index is 12.3. The van der Waals surface area contributed by atoms with Crippen LogP contribution in [0.5, 0.6) is 0 Å². The molecule has 0 aliphatic heterocycles. The summed E-state index contributed by atoms with van der Waals surface area (Å²) in [4.78, 5) is 12.6. The van der Waals surface area contributed by atoms with Crippen LogP contribution in [-0.4, -0.2) is 41.1 Å². The van der Waals surface area contributed by atoms with Gasteiger partial charge in [-0.05, 0) is 12.5 Å². The zero-order valence-electron chi connectivity index (χ0n) is 11.4. The summed E-state index contributed by atoms with van der Waals surface area (Å²) in [5.41, 5.74) is 6.39. The highest BCUT2D eigenvalue weighted by atomic mass is 19.4. The van der Waals surface area contributed by atoms with E-state index in [0.717, 1.165) is 4.90 Å². The van der Waals surface area contributed by atoms with E-state index in [1.807, 2.05) is 0 Å². The average molecular weight is 303 g/mol. The van der Waals surface area contributed by atoms with Crippen molar-refractivity contribution >= 4 is 11.7 Å². The fourth-order valence-electron chi connectivity index (χ4n) is 1.73. The second-order valence-electron chi connectivity index (χ2n) is 4.38. The molecule has 0 atom stereocenters. The highest BCUT2D eigenvalue weighted by molar-refractivity contribution is 5.97. The first-order chi connectivity index (χ1) is 9.76. The Hall–Kier alpha value is -2.25. The number of carbonyl (C=O) groups excluding carboxylic acids is 1. The topological polar surface area (TPSA) is 78.9 Å². The van der Waals surface area contributed by atoms with E-state index in [0.29, 0.717) is 11.1 Å². The lowest BCUT2D eigenvalue weighted by molar-refractivity contribution is -0.160. The second-order valence-corrected chi connectivity index (χ2v) is 4.38. The summed E-state index contributed by atoms with van der Waals surface area (Å²) in [5.74, 6) is -0.688. The van der Waals surface area contributed by atoms with Crippen LogP contribution in [-0.2, 0) is 11.2 Å². The molecule has 0 aliphatic rings. The molecular formula is C13H16F3N3O2. The van der Waals surface area contributed by atoms with Crippen molar-refractivity contribution in [2.45, 2.75) is 19.5 Å². The molecule has 0 saturated carbocycles. The zero-order valence-corrected chi connectivity index (χ0v) is 11.4. The van der Waals surface area contributed by atoms with Crippen molar-refractivity contribution < 1.29 is 23.2 Å². The third-order valence-electron chi connectivity index (χ3n) is 2.82. The van der Waals surface area contributed by atoms with Crippen molar-refractivity contribution in [3.8, 4) is 0 Å². The third-order valence-corrected chi connectivity index (χ3v) is 2.82. The number of nitrogens with zero attached hydrogens (tertiary/aromatic N) is 2. The summed E-state index contributed by atoms with van der Waals surface area (Å²) in [6.45, 7) is 0.218. The number of benzene rings is 1. The van der Waals surface area contributed by atoms with Crippen LogP contribution < -0.4 is 5.73 Å². The average Bonchev–Trinajstić information content (AvgIpc) is 2.43. The highest BCUT2D eigenvalue weighted by Gasteiger charge is 2.32. The molecule has 3 N–H and O–H groups in total. The number of alkyl halides is 3. The van der Waals surface area contributed by atoms with Crippen molar-refractivity contribution in [3.05, 3.63) is 35.4 Å². The van der Waals surface area contributed by atoms with Gasteiger partial charge < -0.3 is 15.8 Å². The van der Waals surface area contributed by atoms with Crippen LogP contribution in [0, 0.1) is 0 Å². The van der Waals surface area contributed by atoms with E-state index >= 15 is 0 Å². The number of rotatable bonds is 5. The molecule has 0 fully saturated rings. The Balaban J connectivity index is 2.73. The molecule has 0 aliphatic carbocycles. The molecule has 0 spiro atoms. The van der Waals surface area contributed by atoms with E-state index in [4.69, 9.17) is 10.9 Å². The van der Waals surface area contributed by atoms with Gasteiger partial charge in [-0.25, -0.2) is 0 Å². The number of halogens is 3. The van der Waals surface area contributed by atoms with Crippen molar-refractivity contribution in [2.24, 2.45) is 10.9 Å². The maximum Gasteiger partial charge on any atom is 0.406 e. The standard InChI is InChI=1S/C13H16F3N3O2/c1-2-19(8-13(14,15)16)11(20)7-9-3-5-10(6-4-9)12(17)18-21/h3-6,21H,2,7-8H2,1H3,(H2,17,18). The number of likely N-dealkylation sites (N-methyl/N-ethyl adjacent to an activating group) is 1. The summed E-state index contributed by atoms with van der Waals surface area (Å²) in [7, 11) is 0. The monoisotopic (exact) mass is 303 g/mol. The molecule has 0 saturated heterocycles. The summed E-state index contributed by atoms with van der Waals surface area (Å²) < 4.78 is 37.0. The van der Waals surface area contributed by atoms with Crippen molar-refractivity contribution in [3.63, 3.8) is 0 Å². The Kier molecular flexibility index (Phi) is 5.57. The molecule has 0 heterocycles. The van der Waals surface area contributed by atoms with Gasteiger partial charge in [-0.1, -0.05) is 29.4 Å². The lowest BCUT2D eigenvalue weighted by atomic mass is 10.1. The van der Waals surface area contributed by atoms with Gasteiger partial charge in [-0.3, -0.25) is 4.79 Å². The molecule has 116 valence electrons. The predicted molar refractivity (Wildman–Crippen MR) is 71.0 cm³/mol. The number of amidine groups is 1. The van der Waals surface area contributed by atoms with E-state index in [-0.39, 0.29) is 18.8 Å². The Labute approximate surface area is 119 Å². The predicted octanol–water partition coefficient (Wildman–Crippen LogP) is 1.73. The van der Waals surface area contributed by atoms with E-state index in [9.17, 15) is 18.0 Å². The van der Waals surface area contributed by atoms with Crippen LogP contribution >= 0.6 is 0 Å². The summed E-state index contributed by atoms with van der Waals surface area (Å²) in [5, 5.41) is 11.3. The SMILES string of the molecule is CCN(CC(F)(F)F)C(=O)Cc1ccc(C(N)=NO)cc1. The number of oxime groups is 1. The first-order valence-corrected chi connectivity index (χ1v) is 6.18. The lowest BCUT2D eigenvalue weighted by Crippen LogP contribution is -2.39. The van der Waals surface area contributed by atoms with Crippen LogP contribution in [0.15, 0.2) is 29.4 Å². The van der Waals surface area contributed by atoms with Crippen molar-refractivity contribution in [1.82, 2.24) is 4.90 Å². The van der Waals surface area contributed by atoms with E-state index in [1.165, 1.54) is 19.1 Å². The summed E-state index contributed by atoms with van der Waals surface area (Å²) >= 11 is 0. The first-order valence-electron chi connectivity index (χ1n) is 6.18. The molecule has 0 aromatic heterocycles. The second kappa shape index (κ2) is 6.96. The molecule has 1 amide bonds. The van der Waals surface area contributed by atoms with Crippen LogP contribution in [0.3, 0.4) is 0 Å². The zero-order chi connectivity index (χ0) is 16.0. The largest absolute Gasteiger partial charge is 0.409 e. The van der Waals surface area contributed by atoms with Crippen LogP contribution in [0.2, 0.25) is 0 Å². The number of hydrogen-bond acceptors (Lipinski definition) is 3. The normalized spacial score (nSPS) is 12.3. The molecular weight excluding hydrogens is 287 g/mol. The molecule has 0 bridgehead atoms. The van der Waals surface area contributed by atoms with E-state index < -0.39 is 18.6 Å². The van der Waals surface area contributed by atoms with Gasteiger partial charge in [0, 0.05) is 12.1 Å².